The number of rotatable bonds is 4. The highest BCUT2D eigenvalue weighted by Gasteiger charge is 3.08. The van der Waals surface area contributed by atoms with Gasteiger partial charge in [-0.2, -0.15) is 0 Å². The molecule has 144 valence electrons. The maximum absolute atomic E-state index is 2.78. The molecule has 15 saturated carbocycles. The molecule has 0 amide bonds. The van der Waals surface area contributed by atoms with Crippen molar-refractivity contribution in [3.8, 4) is 0 Å². The van der Waals surface area contributed by atoms with E-state index in [1.807, 2.05) is 6.42 Å². The van der Waals surface area contributed by atoms with Crippen molar-refractivity contribution in [1.82, 2.24) is 0 Å². The van der Waals surface area contributed by atoms with Crippen molar-refractivity contribution in [2.75, 3.05) is 0 Å². The summed E-state index contributed by atoms with van der Waals surface area (Å²) in [5.74, 6) is 26.4. The Bertz CT molecular complexity index is 900. The topological polar surface area (TPSA) is 0 Å². The van der Waals surface area contributed by atoms with Gasteiger partial charge in [-0.15, -0.1) is 0 Å². The molecule has 15 aliphatic carbocycles. The summed E-state index contributed by atoms with van der Waals surface area (Å²) in [6.45, 7) is 8.19. The Labute approximate surface area is 168 Å². The highest BCUT2D eigenvalue weighted by molar-refractivity contribution is 5.54. The molecule has 0 nitrogen and oxygen atoms in total. The van der Waals surface area contributed by atoms with Crippen molar-refractivity contribution in [3.63, 3.8) is 0 Å². The first-order valence-corrected chi connectivity index (χ1v) is 13.7. The summed E-state index contributed by atoms with van der Waals surface area (Å²) in [4.78, 5) is 0. The van der Waals surface area contributed by atoms with Gasteiger partial charge in [-0.1, -0.05) is 20.8 Å². The average molecular weight is 369 g/mol. The molecule has 5 unspecified atom stereocenters. The van der Waals surface area contributed by atoms with Crippen molar-refractivity contribution >= 4 is 0 Å². The first-order valence-electron chi connectivity index (χ1n) is 13.7. The molecular weight excluding hydrogens is 336 g/mol. The first kappa shape index (κ1) is 12.8. The maximum Gasteiger partial charge on any atom is -0.0161 e. The predicted octanol–water partition coefficient (Wildman–Crippen LogP) is 4.51. The zero-order valence-electron chi connectivity index (χ0n) is 17.3. The van der Waals surface area contributed by atoms with E-state index in [9.17, 15) is 0 Å². The first-order chi connectivity index (χ1) is 13.7. The van der Waals surface area contributed by atoms with E-state index in [2.05, 4.69) is 20.8 Å². The molecule has 0 aromatic heterocycles. The van der Waals surface area contributed by atoms with Gasteiger partial charge in [-0.05, 0) is 147 Å². The molecule has 15 fully saturated rings. The maximum atomic E-state index is 2.78. The third kappa shape index (κ3) is 0.583. The lowest BCUT2D eigenvalue weighted by atomic mass is 8.92. The van der Waals surface area contributed by atoms with Crippen LogP contribution < -0.4 is 0 Å². The second kappa shape index (κ2) is 2.71. The van der Waals surface area contributed by atoms with Crippen molar-refractivity contribution in [1.29, 1.82) is 0 Å². The van der Waals surface area contributed by atoms with E-state index < -0.39 is 0 Å². The summed E-state index contributed by atoms with van der Waals surface area (Å²) in [5, 5.41) is 0. The van der Waals surface area contributed by atoms with Crippen molar-refractivity contribution in [3.05, 3.63) is 0 Å². The van der Waals surface area contributed by atoms with Gasteiger partial charge in [0, 0.05) is 0 Å². The van der Waals surface area contributed by atoms with E-state index in [4.69, 9.17) is 0 Å². The molecule has 5 atom stereocenters. The molecule has 0 bridgehead atoms. The fraction of sp³-hybridized carbons (Fsp3) is 1.00. The van der Waals surface area contributed by atoms with Crippen LogP contribution in [0.4, 0.5) is 0 Å². The van der Waals surface area contributed by atoms with Gasteiger partial charge < -0.3 is 0 Å². The zero-order chi connectivity index (χ0) is 17.3. The van der Waals surface area contributed by atoms with Crippen LogP contribution >= 0.6 is 0 Å². The van der Waals surface area contributed by atoms with E-state index in [1.54, 1.807) is 0 Å². The molecule has 0 radical (unpaired) electrons. The lowest BCUT2D eigenvalue weighted by Crippen LogP contribution is -3.09. The Hall–Kier alpha value is 0. The van der Waals surface area contributed by atoms with Crippen LogP contribution in [0.5, 0.6) is 0 Å². The summed E-state index contributed by atoms with van der Waals surface area (Å²) in [6, 6.07) is 0. The van der Waals surface area contributed by atoms with Crippen LogP contribution in [0.15, 0.2) is 0 Å². The summed E-state index contributed by atoms with van der Waals surface area (Å²) in [7, 11) is 0. The smallest absolute Gasteiger partial charge is 0.0161 e. The fourth-order valence-electron chi connectivity index (χ4n) is 19.0. The third-order valence-electron chi connectivity index (χ3n) is 18.4. The van der Waals surface area contributed by atoms with Crippen LogP contribution in [0.2, 0.25) is 0 Å². The zero-order valence-corrected chi connectivity index (χ0v) is 17.3. The van der Waals surface area contributed by atoms with Gasteiger partial charge in [0.1, 0.15) is 0 Å². The molecule has 0 heteroatoms. The minimum Gasteiger partial charge on any atom is -0.0619 e. The third-order valence-corrected chi connectivity index (χ3v) is 18.4. The van der Waals surface area contributed by atoms with Gasteiger partial charge in [0.05, 0.1) is 0 Å². The SMILES string of the molecule is CC1C2C(C)C3(C(CC45C6C7C8C6C4C8C75)C45C6C7C8C6C4C8C75)C(C)C1C23. The molecular formula is C28H32. The van der Waals surface area contributed by atoms with Crippen molar-refractivity contribution in [2.24, 2.45) is 141 Å². The number of hydrogen-bond acceptors (Lipinski definition) is 0. The van der Waals surface area contributed by atoms with Crippen LogP contribution in [0.3, 0.4) is 0 Å². The molecule has 15 aliphatic rings. The second-order valence-electron chi connectivity index (χ2n) is 15.8. The van der Waals surface area contributed by atoms with Gasteiger partial charge >= 0.3 is 0 Å². The normalized spacial score (nSPS) is 100. The molecule has 0 heterocycles. The Morgan fingerprint density at radius 3 is 1.39 bits per heavy atom. The standard InChI is InChI=1S/C28H32/c1-5-9-6(2)27(7(3)10(5)22(9)27)8(28-23-16-12-17(23)25(28)18(12)24(16)28)4-26-19-13-11-14(19)21(26)15(11)20(13)26/h5-25H,4H2,1-3H3. The van der Waals surface area contributed by atoms with E-state index in [-0.39, 0.29) is 0 Å². The Morgan fingerprint density at radius 2 is 0.929 bits per heavy atom. The average Bonchev–Trinajstić information content (AvgIpc) is 2.72. The lowest BCUT2D eigenvalue weighted by Gasteiger charge is -3.12. The van der Waals surface area contributed by atoms with Gasteiger partial charge in [-0.25, -0.2) is 0 Å². The molecule has 0 aromatic rings. The summed E-state index contributed by atoms with van der Waals surface area (Å²) >= 11 is 0. The minimum absolute atomic E-state index is 0.872. The van der Waals surface area contributed by atoms with Gasteiger partial charge in [-0.3, -0.25) is 0 Å². The molecule has 28 heavy (non-hydrogen) atoms. The molecule has 0 saturated heterocycles. The molecule has 0 N–H and O–H groups in total. The van der Waals surface area contributed by atoms with Gasteiger partial charge in [0.15, 0.2) is 0 Å². The molecule has 0 aliphatic heterocycles. The van der Waals surface area contributed by atoms with Crippen molar-refractivity contribution < 1.29 is 0 Å². The van der Waals surface area contributed by atoms with Crippen LogP contribution in [-0.4, -0.2) is 0 Å². The minimum atomic E-state index is 0.872. The van der Waals surface area contributed by atoms with Gasteiger partial charge in [0.2, 0.25) is 0 Å². The largest absolute Gasteiger partial charge is 0.0619 e. The Kier molecular flexibility index (Phi) is 1.24. The van der Waals surface area contributed by atoms with Crippen LogP contribution in [0.25, 0.3) is 0 Å². The van der Waals surface area contributed by atoms with E-state index in [0.29, 0.717) is 0 Å². The van der Waals surface area contributed by atoms with E-state index in [1.165, 1.54) is 107 Å². The van der Waals surface area contributed by atoms with E-state index in [0.717, 1.165) is 34.0 Å². The predicted molar refractivity (Wildman–Crippen MR) is 102 cm³/mol. The summed E-state index contributed by atoms with van der Waals surface area (Å²) in [5.41, 5.74) is 2.85. The second-order valence-corrected chi connectivity index (χ2v) is 15.8. The Morgan fingerprint density at radius 1 is 0.500 bits per heavy atom. The Balaban J connectivity index is 1.01. The van der Waals surface area contributed by atoms with Crippen LogP contribution in [-0.2, 0) is 0 Å². The van der Waals surface area contributed by atoms with Crippen LogP contribution in [0, 0.1) is 141 Å². The van der Waals surface area contributed by atoms with Gasteiger partial charge in [0.25, 0.3) is 0 Å². The van der Waals surface area contributed by atoms with E-state index >= 15 is 0 Å². The lowest BCUT2D eigenvalue weighted by molar-refractivity contribution is -0.655. The quantitative estimate of drug-likeness (QED) is 0.685. The highest BCUT2D eigenvalue weighted by atomic mass is 15.1. The molecule has 0 spiro atoms. The molecule has 15 rings (SSSR count). The molecule has 0 aromatic carbocycles. The summed E-state index contributed by atoms with van der Waals surface area (Å²) < 4.78 is 0. The monoisotopic (exact) mass is 368 g/mol. The summed E-state index contributed by atoms with van der Waals surface area (Å²) in [6.07, 6.45) is 1.81. The number of hydrogen-bond donors (Lipinski definition) is 0. The van der Waals surface area contributed by atoms with Crippen LogP contribution in [0.1, 0.15) is 27.2 Å². The van der Waals surface area contributed by atoms with Crippen molar-refractivity contribution in [2.45, 2.75) is 27.2 Å². The fourth-order valence-corrected chi connectivity index (χ4v) is 19.0. The highest BCUT2D eigenvalue weighted by Crippen LogP contribution is 3.11.